The third-order valence-corrected chi connectivity index (χ3v) is 6.38. The number of amides is 2. The number of carbonyl (C=O) groups excluding carboxylic acids is 1. The molecule has 0 aliphatic carbocycles. The Balaban J connectivity index is 1.56. The summed E-state index contributed by atoms with van der Waals surface area (Å²) in [4.78, 5) is 19.9. The van der Waals surface area contributed by atoms with Crippen molar-refractivity contribution in [2.75, 3.05) is 18.1 Å². The van der Waals surface area contributed by atoms with Crippen LogP contribution in [0, 0.1) is 0 Å². The molecule has 2 aromatic heterocycles. The van der Waals surface area contributed by atoms with Gasteiger partial charge >= 0.3 is 12.4 Å². The van der Waals surface area contributed by atoms with E-state index in [1.165, 1.54) is 34.4 Å². The average Bonchev–Trinajstić information content (AvgIpc) is 3.43. The number of urea groups is 1. The van der Waals surface area contributed by atoms with Crippen molar-refractivity contribution in [1.82, 2.24) is 10.3 Å². The van der Waals surface area contributed by atoms with Crippen molar-refractivity contribution in [3.05, 3.63) is 40.6 Å². The Morgan fingerprint density at radius 1 is 1.37 bits per heavy atom. The number of nitrogens with one attached hydrogen (secondary N) is 1. The summed E-state index contributed by atoms with van der Waals surface area (Å²) < 4.78 is 47.6. The van der Waals surface area contributed by atoms with Crippen LogP contribution >= 0.6 is 22.7 Å². The van der Waals surface area contributed by atoms with E-state index in [-0.39, 0.29) is 17.9 Å². The highest BCUT2D eigenvalue weighted by Gasteiger charge is 2.31. The minimum atomic E-state index is -4.77. The van der Waals surface area contributed by atoms with E-state index in [0.717, 1.165) is 29.1 Å². The van der Waals surface area contributed by atoms with E-state index >= 15 is 0 Å². The van der Waals surface area contributed by atoms with Crippen LogP contribution in [0.4, 0.5) is 23.1 Å². The van der Waals surface area contributed by atoms with E-state index in [4.69, 9.17) is 4.74 Å². The Bertz CT molecular complexity index is 1000. The molecule has 1 aromatic carbocycles. The summed E-state index contributed by atoms with van der Waals surface area (Å²) in [6, 6.07) is 7.44. The summed E-state index contributed by atoms with van der Waals surface area (Å²) in [6.07, 6.45) is -3.11. The Hall–Kier alpha value is -2.37. The second-order valence-corrected chi connectivity index (χ2v) is 8.70. The third kappa shape index (κ3) is 5.21. The maximum absolute atomic E-state index is 12.9. The van der Waals surface area contributed by atoms with Gasteiger partial charge in [0.05, 0.1) is 29.4 Å². The zero-order valence-electron chi connectivity index (χ0n) is 15.6. The molecule has 0 saturated carbocycles. The van der Waals surface area contributed by atoms with Gasteiger partial charge in [-0.25, -0.2) is 9.78 Å². The molecule has 4 rings (SSSR count). The van der Waals surface area contributed by atoms with E-state index in [9.17, 15) is 18.0 Å². The Kier molecular flexibility index (Phi) is 6.11. The van der Waals surface area contributed by atoms with Crippen LogP contribution < -0.4 is 15.0 Å². The molecule has 3 heterocycles. The highest BCUT2D eigenvalue weighted by Crippen LogP contribution is 2.34. The third-order valence-electron chi connectivity index (χ3n) is 4.46. The summed E-state index contributed by atoms with van der Waals surface area (Å²) in [6.45, 7) is 1.35. The van der Waals surface area contributed by atoms with Crippen LogP contribution in [0.1, 0.15) is 17.7 Å². The molecule has 0 bridgehead atoms. The van der Waals surface area contributed by atoms with Gasteiger partial charge in [-0.05, 0) is 36.4 Å². The van der Waals surface area contributed by atoms with Gasteiger partial charge in [0.2, 0.25) is 0 Å². The molecule has 1 saturated heterocycles. The fraction of sp³-hybridized carbons (Fsp3) is 0.368. The van der Waals surface area contributed by atoms with Crippen molar-refractivity contribution in [3.63, 3.8) is 0 Å². The van der Waals surface area contributed by atoms with E-state index < -0.39 is 6.36 Å². The number of ether oxygens (including phenoxy) is 2. The highest BCUT2D eigenvalue weighted by atomic mass is 32.1. The quantitative estimate of drug-likeness (QED) is 0.556. The van der Waals surface area contributed by atoms with E-state index in [0.29, 0.717) is 35.0 Å². The van der Waals surface area contributed by atoms with Crippen molar-refractivity contribution < 1.29 is 27.4 Å². The molecule has 3 aromatic rings. The van der Waals surface area contributed by atoms with E-state index in [1.54, 1.807) is 0 Å². The summed E-state index contributed by atoms with van der Waals surface area (Å²) in [5.74, 6) is -0.321. The van der Waals surface area contributed by atoms with Gasteiger partial charge in [0.15, 0.2) is 5.13 Å². The lowest BCUT2D eigenvalue weighted by atomic mass is 10.2. The van der Waals surface area contributed by atoms with Crippen molar-refractivity contribution in [3.8, 4) is 5.75 Å². The SMILES string of the molecule is O=C(NCc1cccs1)N(CC1CCCO1)c1nc2ccc(OC(F)(F)F)cc2s1. The first-order chi connectivity index (χ1) is 14.4. The molecule has 30 heavy (non-hydrogen) atoms. The number of fused-ring (bicyclic) bond motifs is 1. The standard InChI is InChI=1S/C19H18F3N3O3S2/c20-19(21,22)28-12-5-6-15-16(9-12)30-18(24-15)25(11-13-3-1-7-27-13)17(26)23-10-14-4-2-8-29-14/h2,4-6,8-9,13H,1,3,7,10-11H2,(H,23,26). The first kappa shape index (κ1) is 20.9. The molecule has 1 atom stereocenters. The molecule has 0 spiro atoms. The van der Waals surface area contributed by atoms with Crippen molar-refractivity contribution >= 4 is 44.1 Å². The molecular weight excluding hydrogens is 439 g/mol. The molecule has 2 amide bonds. The number of aromatic nitrogens is 1. The highest BCUT2D eigenvalue weighted by molar-refractivity contribution is 7.22. The molecule has 1 aliphatic rings. The molecule has 1 aliphatic heterocycles. The van der Waals surface area contributed by atoms with Gasteiger partial charge in [-0.2, -0.15) is 0 Å². The van der Waals surface area contributed by atoms with Crippen LogP contribution in [0.3, 0.4) is 0 Å². The Labute approximate surface area is 178 Å². The Morgan fingerprint density at radius 2 is 2.23 bits per heavy atom. The van der Waals surface area contributed by atoms with Crippen LogP contribution in [0.15, 0.2) is 35.7 Å². The number of rotatable bonds is 6. The van der Waals surface area contributed by atoms with Crippen LogP contribution in [0.2, 0.25) is 0 Å². The number of halogens is 3. The van der Waals surface area contributed by atoms with Gasteiger partial charge in [-0.3, -0.25) is 4.90 Å². The average molecular weight is 457 g/mol. The van der Waals surface area contributed by atoms with Crippen LogP contribution in [0.25, 0.3) is 10.2 Å². The molecule has 11 heteroatoms. The lowest BCUT2D eigenvalue weighted by Crippen LogP contribution is -2.43. The maximum atomic E-state index is 12.9. The summed E-state index contributed by atoms with van der Waals surface area (Å²) in [7, 11) is 0. The number of hydrogen-bond donors (Lipinski definition) is 1. The molecule has 1 N–H and O–H groups in total. The van der Waals surface area contributed by atoms with Crippen molar-refractivity contribution in [2.45, 2.75) is 31.9 Å². The number of benzene rings is 1. The summed E-state index contributed by atoms with van der Waals surface area (Å²) in [5.41, 5.74) is 0.493. The fourth-order valence-electron chi connectivity index (χ4n) is 3.12. The summed E-state index contributed by atoms with van der Waals surface area (Å²) >= 11 is 2.67. The molecule has 160 valence electrons. The van der Waals surface area contributed by atoms with Gasteiger partial charge in [-0.1, -0.05) is 17.4 Å². The molecule has 1 fully saturated rings. The number of nitrogens with zero attached hydrogens (tertiary/aromatic N) is 2. The van der Waals surface area contributed by atoms with Crippen LogP contribution in [-0.4, -0.2) is 36.6 Å². The lowest BCUT2D eigenvalue weighted by Gasteiger charge is -2.23. The number of thiophene rings is 1. The lowest BCUT2D eigenvalue weighted by molar-refractivity contribution is -0.274. The minimum Gasteiger partial charge on any atom is -0.406 e. The number of hydrogen-bond acceptors (Lipinski definition) is 6. The van der Waals surface area contributed by atoms with Crippen molar-refractivity contribution in [2.24, 2.45) is 0 Å². The van der Waals surface area contributed by atoms with Gasteiger partial charge in [0, 0.05) is 17.6 Å². The summed E-state index contributed by atoms with van der Waals surface area (Å²) in [5, 5.41) is 5.21. The first-order valence-electron chi connectivity index (χ1n) is 9.23. The van der Waals surface area contributed by atoms with Gasteiger partial charge in [0.1, 0.15) is 5.75 Å². The number of alkyl halides is 3. The maximum Gasteiger partial charge on any atom is 0.573 e. The second kappa shape index (κ2) is 8.78. The molecule has 6 nitrogen and oxygen atoms in total. The first-order valence-corrected chi connectivity index (χ1v) is 10.9. The van der Waals surface area contributed by atoms with Gasteiger partial charge < -0.3 is 14.8 Å². The van der Waals surface area contributed by atoms with Crippen LogP contribution in [0.5, 0.6) is 5.75 Å². The van der Waals surface area contributed by atoms with Gasteiger partial charge in [-0.15, -0.1) is 24.5 Å². The van der Waals surface area contributed by atoms with Gasteiger partial charge in [0.25, 0.3) is 0 Å². The Morgan fingerprint density at radius 3 is 2.93 bits per heavy atom. The smallest absolute Gasteiger partial charge is 0.406 e. The number of thiazole rings is 1. The predicted octanol–water partition coefficient (Wildman–Crippen LogP) is 5.15. The molecule has 0 radical (unpaired) electrons. The molecule has 1 unspecified atom stereocenters. The topological polar surface area (TPSA) is 63.7 Å². The van der Waals surface area contributed by atoms with Crippen molar-refractivity contribution in [1.29, 1.82) is 0 Å². The normalized spacial score (nSPS) is 16.7. The number of anilines is 1. The zero-order valence-corrected chi connectivity index (χ0v) is 17.3. The van der Waals surface area contributed by atoms with E-state index in [1.807, 2.05) is 17.5 Å². The second-order valence-electron chi connectivity index (χ2n) is 6.66. The minimum absolute atomic E-state index is 0.103. The molecular formula is C19H18F3N3O3S2. The number of carbonyl (C=O) groups is 1. The van der Waals surface area contributed by atoms with Crippen LogP contribution in [-0.2, 0) is 11.3 Å². The zero-order chi connectivity index (χ0) is 21.1. The van der Waals surface area contributed by atoms with E-state index in [2.05, 4.69) is 15.0 Å². The largest absolute Gasteiger partial charge is 0.573 e. The fourth-order valence-corrected chi connectivity index (χ4v) is 4.76. The monoisotopic (exact) mass is 457 g/mol. The predicted molar refractivity (Wildman–Crippen MR) is 109 cm³/mol.